The van der Waals surface area contributed by atoms with Gasteiger partial charge in [0.05, 0.1) is 11.4 Å². The second kappa shape index (κ2) is 5.33. The summed E-state index contributed by atoms with van der Waals surface area (Å²) < 4.78 is 26.8. The van der Waals surface area contributed by atoms with Crippen molar-refractivity contribution in [3.8, 4) is 0 Å². The average Bonchev–Trinajstić information content (AvgIpc) is 2.93. The minimum Gasteiger partial charge on any atom is -0.260 e. The summed E-state index contributed by atoms with van der Waals surface area (Å²) in [5.74, 6) is 0.700. The normalized spacial score (nSPS) is 12.0. The molecule has 0 spiro atoms. The van der Waals surface area contributed by atoms with E-state index in [1.165, 1.54) is 6.33 Å². The zero-order valence-corrected chi connectivity index (χ0v) is 12.6. The van der Waals surface area contributed by atoms with E-state index in [4.69, 9.17) is 5.14 Å². The topological polar surface area (TPSA) is 109 Å². The van der Waals surface area contributed by atoms with Gasteiger partial charge in [0, 0.05) is 7.05 Å². The molecular weight excluding hydrogens is 280 g/mol. The molecule has 0 fully saturated rings. The summed E-state index contributed by atoms with van der Waals surface area (Å²) in [5.41, 5.74) is 1.10. The minimum absolute atomic E-state index is 0.143. The first-order valence-electron chi connectivity index (χ1n) is 6.32. The molecule has 8 nitrogen and oxygen atoms in total. The molecule has 20 heavy (non-hydrogen) atoms. The maximum absolute atomic E-state index is 11.8. The van der Waals surface area contributed by atoms with Gasteiger partial charge in [0.25, 0.3) is 0 Å². The lowest BCUT2D eigenvalue weighted by Gasteiger charge is -2.06. The van der Waals surface area contributed by atoms with Crippen LogP contribution in [-0.4, -0.2) is 33.0 Å². The Morgan fingerprint density at radius 1 is 1.30 bits per heavy atom. The van der Waals surface area contributed by atoms with Crippen LogP contribution in [0.4, 0.5) is 0 Å². The maximum atomic E-state index is 11.8. The number of hydrogen-bond donors (Lipinski definition) is 1. The number of nitrogens with two attached hydrogens (primary N) is 1. The first kappa shape index (κ1) is 14.7. The second-order valence-corrected chi connectivity index (χ2v) is 5.93. The molecule has 9 heteroatoms. The maximum Gasteiger partial charge on any atom is 0.241 e. The predicted molar refractivity (Wildman–Crippen MR) is 72.5 cm³/mol. The molecule has 0 saturated heterocycles. The van der Waals surface area contributed by atoms with Crippen molar-refractivity contribution < 1.29 is 8.42 Å². The Kier molecular flexibility index (Phi) is 3.91. The molecule has 0 radical (unpaired) electrons. The number of aryl methyl sites for hydroxylation is 2. The zero-order chi connectivity index (χ0) is 14.9. The van der Waals surface area contributed by atoms with Crippen LogP contribution in [0, 0.1) is 0 Å². The third-order valence-electron chi connectivity index (χ3n) is 3.13. The van der Waals surface area contributed by atoms with Crippen LogP contribution >= 0.6 is 0 Å². The number of primary sulfonamides is 1. The van der Waals surface area contributed by atoms with E-state index in [1.807, 2.05) is 13.8 Å². The van der Waals surface area contributed by atoms with Crippen LogP contribution in [0.15, 0.2) is 11.2 Å². The van der Waals surface area contributed by atoms with Gasteiger partial charge in [-0.1, -0.05) is 13.8 Å². The lowest BCUT2D eigenvalue weighted by molar-refractivity contribution is 0.578. The first-order chi connectivity index (χ1) is 9.38. The van der Waals surface area contributed by atoms with Gasteiger partial charge in [0.15, 0.2) is 0 Å². The summed E-state index contributed by atoms with van der Waals surface area (Å²) in [5, 5.41) is 13.7. The van der Waals surface area contributed by atoms with Crippen molar-refractivity contribution >= 4 is 10.0 Å². The van der Waals surface area contributed by atoms with Gasteiger partial charge in [-0.05, 0) is 12.8 Å². The minimum atomic E-state index is -3.78. The van der Waals surface area contributed by atoms with Crippen LogP contribution in [0.3, 0.4) is 0 Å². The quantitative estimate of drug-likeness (QED) is 0.824. The predicted octanol–water partition coefficient (Wildman–Crippen LogP) is -0.168. The van der Waals surface area contributed by atoms with E-state index in [9.17, 15) is 8.42 Å². The SMILES string of the molecule is CCc1nn(Cc2ncnn2C)c(CC)c1S(N)(=O)=O. The summed E-state index contributed by atoms with van der Waals surface area (Å²) in [6.07, 6.45) is 2.48. The Bertz CT molecular complexity index is 715. The monoisotopic (exact) mass is 298 g/mol. The van der Waals surface area contributed by atoms with Crippen LogP contribution < -0.4 is 5.14 Å². The van der Waals surface area contributed by atoms with E-state index in [1.54, 1.807) is 16.4 Å². The smallest absolute Gasteiger partial charge is 0.241 e. The van der Waals surface area contributed by atoms with Gasteiger partial charge < -0.3 is 0 Å². The van der Waals surface area contributed by atoms with E-state index in [0.717, 1.165) is 0 Å². The summed E-state index contributed by atoms with van der Waals surface area (Å²) in [6.45, 7) is 4.09. The number of rotatable bonds is 5. The third kappa shape index (κ3) is 2.59. The molecule has 0 aliphatic heterocycles. The fraction of sp³-hybridized carbons (Fsp3) is 0.545. The molecule has 110 valence electrons. The van der Waals surface area contributed by atoms with Crippen LogP contribution in [0.5, 0.6) is 0 Å². The van der Waals surface area contributed by atoms with Crippen LogP contribution in [0.25, 0.3) is 0 Å². The van der Waals surface area contributed by atoms with Gasteiger partial charge in [-0.25, -0.2) is 18.5 Å². The van der Waals surface area contributed by atoms with Crippen LogP contribution in [0.1, 0.15) is 31.1 Å². The highest BCUT2D eigenvalue weighted by molar-refractivity contribution is 7.89. The van der Waals surface area contributed by atoms with Crippen molar-refractivity contribution in [3.05, 3.63) is 23.5 Å². The number of nitrogens with zero attached hydrogens (tertiary/aromatic N) is 5. The zero-order valence-electron chi connectivity index (χ0n) is 11.7. The van der Waals surface area contributed by atoms with Crippen molar-refractivity contribution in [2.45, 2.75) is 38.1 Å². The summed E-state index contributed by atoms with van der Waals surface area (Å²) in [7, 11) is -2.01. The van der Waals surface area contributed by atoms with Crippen molar-refractivity contribution in [1.29, 1.82) is 0 Å². The number of aromatic nitrogens is 5. The van der Waals surface area contributed by atoms with Gasteiger partial charge >= 0.3 is 0 Å². The molecule has 0 aliphatic carbocycles. The van der Waals surface area contributed by atoms with Gasteiger partial charge in [-0.3, -0.25) is 9.36 Å². The lowest BCUT2D eigenvalue weighted by Crippen LogP contribution is -2.16. The highest BCUT2D eigenvalue weighted by atomic mass is 32.2. The van der Waals surface area contributed by atoms with Gasteiger partial charge in [-0.15, -0.1) is 0 Å². The van der Waals surface area contributed by atoms with Crippen molar-refractivity contribution in [3.63, 3.8) is 0 Å². The fourth-order valence-electron chi connectivity index (χ4n) is 2.17. The van der Waals surface area contributed by atoms with Gasteiger partial charge in [0.2, 0.25) is 10.0 Å². The standard InChI is InChI=1S/C11H18N6O2S/c1-4-8-11(20(12,18)19)9(5-2)17(15-8)6-10-13-7-14-16(10)3/h7H,4-6H2,1-3H3,(H2,12,18,19). The number of sulfonamides is 1. The fourth-order valence-corrected chi connectivity index (χ4v) is 3.26. The Balaban J connectivity index is 2.55. The summed E-state index contributed by atoms with van der Waals surface area (Å²) >= 11 is 0. The largest absolute Gasteiger partial charge is 0.260 e. The van der Waals surface area contributed by atoms with Gasteiger partial charge in [-0.2, -0.15) is 10.2 Å². The average molecular weight is 298 g/mol. The molecule has 0 saturated carbocycles. The molecule has 2 aromatic heterocycles. The van der Waals surface area contributed by atoms with Crippen molar-refractivity contribution in [1.82, 2.24) is 24.5 Å². The molecule has 0 amide bonds. The third-order valence-corrected chi connectivity index (χ3v) is 4.17. The molecular formula is C11H18N6O2S. The Morgan fingerprint density at radius 3 is 2.45 bits per heavy atom. The van der Waals surface area contributed by atoms with E-state index in [0.29, 0.717) is 36.6 Å². The molecule has 2 rings (SSSR count). The Morgan fingerprint density at radius 2 is 2.00 bits per heavy atom. The molecule has 2 N–H and O–H groups in total. The second-order valence-electron chi connectivity index (χ2n) is 4.43. The Labute approximate surface area is 117 Å². The molecule has 0 unspecified atom stereocenters. The lowest BCUT2D eigenvalue weighted by atomic mass is 10.2. The number of hydrogen-bond acceptors (Lipinski definition) is 5. The molecule has 2 heterocycles. The highest BCUT2D eigenvalue weighted by Gasteiger charge is 2.24. The molecule has 0 bridgehead atoms. The molecule has 0 aromatic carbocycles. The summed E-state index contributed by atoms with van der Waals surface area (Å²) in [6, 6.07) is 0. The van der Waals surface area contributed by atoms with E-state index in [-0.39, 0.29) is 4.90 Å². The highest BCUT2D eigenvalue weighted by Crippen LogP contribution is 2.21. The molecule has 0 atom stereocenters. The van der Waals surface area contributed by atoms with E-state index < -0.39 is 10.0 Å². The van der Waals surface area contributed by atoms with Crippen LogP contribution in [-0.2, 0) is 36.5 Å². The van der Waals surface area contributed by atoms with Crippen LogP contribution in [0.2, 0.25) is 0 Å². The van der Waals surface area contributed by atoms with E-state index in [2.05, 4.69) is 15.2 Å². The summed E-state index contributed by atoms with van der Waals surface area (Å²) in [4.78, 5) is 4.27. The van der Waals surface area contributed by atoms with Gasteiger partial charge in [0.1, 0.15) is 23.6 Å². The van der Waals surface area contributed by atoms with E-state index >= 15 is 0 Å². The van der Waals surface area contributed by atoms with Crippen molar-refractivity contribution in [2.75, 3.05) is 0 Å². The first-order valence-corrected chi connectivity index (χ1v) is 7.87. The molecule has 2 aromatic rings. The molecule has 0 aliphatic rings. The Hall–Kier alpha value is -1.74. The van der Waals surface area contributed by atoms with Crippen molar-refractivity contribution in [2.24, 2.45) is 12.2 Å².